The number of fused-ring (bicyclic) bond motifs is 2. The van der Waals surface area contributed by atoms with E-state index in [1.54, 1.807) is 19.2 Å². The molecule has 0 saturated heterocycles. The van der Waals surface area contributed by atoms with Crippen molar-refractivity contribution in [3.05, 3.63) is 94.9 Å². The Balaban J connectivity index is 1.61. The van der Waals surface area contributed by atoms with E-state index < -0.39 is 0 Å². The molecule has 0 saturated carbocycles. The lowest BCUT2D eigenvalue weighted by Crippen LogP contribution is -2.03. The van der Waals surface area contributed by atoms with Gasteiger partial charge in [-0.05, 0) is 65.7 Å². The van der Waals surface area contributed by atoms with Crippen LogP contribution in [-0.2, 0) is 4.79 Å². The van der Waals surface area contributed by atoms with Crippen LogP contribution < -0.4 is 14.2 Å². The third-order valence-corrected chi connectivity index (χ3v) is 6.77. The number of ketones is 1. The van der Waals surface area contributed by atoms with E-state index in [2.05, 4.69) is 0 Å². The summed E-state index contributed by atoms with van der Waals surface area (Å²) < 4.78 is 17.6. The second-order valence-corrected chi connectivity index (χ2v) is 8.81. The first-order valence-electron chi connectivity index (χ1n) is 10.6. The number of carbonyl (C=O) groups is 2. The molecule has 0 N–H and O–H groups in total. The second kappa shape index (κ2) is 9.00. The quantitative estimate of drug-likeness (QED) is 0.191. The predicted molar refractivity (Wildman–Crippen MR) is 134 cm³/mol. The minimum atomic E-state index is -0.0790. The Labute approximate surface area is 200 Å². The molecule has 0 aliphatic rings. The van der Waals surface area contributed by atoms with Gasteiger partial charge in [0.15, 0.2) is 5.75 Å². The first-order chi connectivity index (χ1) is 16.6. The molecule has 6 heteroatoms. The van der Waals surface area contributed by atoms with Gasteiger partial charge in [-0.1, -0.05) is 36.4 Å². The van der Waals surface area contributed by atoms with Gasteiger partial charge in [0.25, 0.3) is 6.47 Å². The van der Waals surface area contributed by atoms with Gasteiger partial charge in [-0.15, -0.1) is 11.3 Å². The third-order valence-electron chi connectivity index (χ3n) is 5.63. The van der Waals surface area contributed by atoms with Gasteiger partial charge in [0.05, 0.1) is 7.11 Å². The molecule has 5 rings (SSSR count). The van der Waals surface area contributed by atoms with Crippen LogP contribution in [0.2, 0.25) is 0 Å². The highest BCUT2D eigenvalue weighted by molar-refractivity contribution is 7.21. The molecule has 0 bridgehead atoms. The fourth-order valence-electron chi connectivity index (χ4n) is 3.89. The van der Waals surface area contributed by atoms with E-state index in [9.17, 15) is 9.59 Å². The Morgan fingerprint density at radius 1 is 0.853 bits per heavy atom. The number of hydrogen-bond donors (Lipinski definition) is 0. The van der Waals surface area contributed by atoms with Crippen molar-refractivity contribution in [1.29, 1.82) is 0 Å². The fraction of sp³-hybridized carbons (Fsp3) is 0.0714. The van der Waals surface area contributed by atoms with Gasteiger partial charge in [0.1, 0.15) is 22.1 Å². The molecule has 1 aromatic heterocycles. The number of thiophene rings is 1. The molecule has 1 heterocycles. The lowest BCUT2D eigenvalue weighted by Gasteiger charge is -2.10. The van der Waals surface area contributed by atoms with E-state index in [4.69, 9.17) is 14.2 Å². The Morgan fingerprint density at radius 3 is 2.29 bits per heavy atom. The number of aryl methyl sites for hydroxylation is 1. The summed E-state index contributed by atoms with van der Waals surface area (Å²) in [6.07, 6.45) is 0. The number of methoxy groups -OCH3 is 1. The van der Waals surface area contributed by atoms with Crippen LogP contribution in [0.15, 0.2) is 78.9 Å². The van der Waals surface area contributed by atoms with Crippen molar-refractivity contribution < 1.29 is 23.8 Å². The molecular weight excluding hydrogens is 448 g/mol. The van der Waals surface area contributed by atoms with Gasteiger partial charge in [-0.2, -0.15) is 0 Å². The Bertz CT molecular complexity index is 1550. The largest absolute Gasteiger partial charge is 0.497 e. The highest BCUT2D eigenvalue weighted by Crippen LogP contribution is 2.43. The van der Waals surface area contributed by atoms with E-state index in [1.165, 1.54) is 11.3 Å². The summed E-state index contributed by atoms with van der Waals surface area (Å²) in [5.74, 6) is 2.24. The van der Waals surface area contributed by atoms with Gasteiger partial charge in [-0.3, -0.25) is 9.59 Å². The van der Waals surface area contributed by atoms with Crippen LogP contribution in [0.1, 0.15) is 20.8 Å². The maximum atomic E-state index is 13.6. The number of carbonyl (C=O) groups excluding carboxylic acids is 2. The maximum Gasteiger partial charge on any atom is 0.298 e. The van der Waals surface area contributed by atoms with Crippen molar-refractivity contribution in [3.8, 4) is 23.0 Å². The zero-order valence-corrected chi connectivity index (χ0v) is 19.3. The molecule has 0 spiro atoms. The molecule has 0 unspecified atom stereocenters. The average molecular weight is 469 g/mol. The summed E-state index contributed by atoms with van der Waals surface area (Å²) in [5, 5.41) is 2.67. The van der Waals surface area contributed by atoms with Crippen molar-refractivity contribution in [3.63, 3.8) is 0 Å². The zero-order valence-electron chi connectivity index (χ0n) is 18.5. The lowest BCUT2D eigenvalue weighted by atomic mass is 10.0. The number of benzene rings is 4. The Hall–Kier alpha value is -4.16. The Morgan fingerprint density at radius 2 is 1.56 bits per heavy atom. The van der Waals surface area contributed by atoms with Gasteiger partial charge < -0.3 is 14.2 Å². The smallest absolute Gasteiger partial charge is 0.298 e. The molecule has 34 heavy (non-hydrogen) atoms. The van der Waals surface area contributed by atoms with E-state index >= 15 is 0 Å². The summed E-state index contributed by atoms with van der Waals surface area (Å²) in [7, 11) is 1.62. The molecule has 5 aromatic rings. The highest BCUT2D eigenvalue weighted by Gasteiger charge is 2.23. The molecule has 0 atom stereocenters. The summed E-state index contributed by atoms with van der Waals surface area (Å²) in [4.78, 5) is 24.7. The molecule has 4 aromatic carbocycles. The summed E-state index contributed by atoms with van der Waals surface area (Å²) in [6.45, 7) is 2.33. The molecule has 5 nitrogen and oxygen atoms in total. The highest BCUT2D eigenvalue weighted by atomic mass is 32.1. The minimum Gasteiger partial charge on any atom is -0.497 e. The lowest BCUT2D eigenvalue weighted by molar-refractivity contribution is -0.120. The zero-order chi connectivity index (χ0) is 23.7. The maximum absolute atomic E-state index is 13.6. The predicted octanol–water partition coefficient (Wildman–Crippen LogP) is 6.93. The van der Waals surface area contributed by atoms with Crippen LogP contribution in [0, 0.1) is 6.92 Å². The molecule has 0 amide bonds. The molecule has 168 valence electrons. The van der Waals surface area contributed by atoms with E-state index in [1.807, 2.05) is 73.7 Å². The van der Waals surface area contributed by atoms with Gasteiger partial charge >= 0.3 is 0 Å². The van der Waals surface area contributed by atoms with Crippen LogP contribution in [0.4, 0.5) is 0 Å². The van der Waals surface area contributed by atoms with Crippen molar-refractivity contribution in [1.82, 2.24) is 0 Å². The topological polar surface area (TPSA) is 61.8 Å². The van der Waals surface area contributed by atoms with Crippen LogP contribution >= 0.6 is 11.3 Å². The summed E-state index contributed by atoms with van der Waals surface area (Å²) in [5.41, 5.74) is 1.56. The van der Waals surface area contributed by atoms with Gasteiger partial charge in [-0.25, -0.2) is 0 Å². The SMILES string of the molecule is COc1ccc2c(Oc3ccc4cc(OC=O)ccc4c3)c(C(=O)c3ccccc3C)sc2c1. The average Bonchev–Trinajstić information content (AvgIpc) is 3.21. The van der Waals surface area contributed by atoms with E-state index in [-0.39, 0.29) is 5.78 Å². The van der Waals surface area contributed by atoms with Crippen molar-refractivity contribution in [2.24, 2.45) is 0 Å². The van der Waals surface area contributed by atoms with Crippen molar-refractivity contribution in [2.75, 3.05) is 7.11 Å². The number of ether oxygens (including phenoxy) is 3. The normalized spacial score (nSPS) is 10.9. The van der Waals surface area contributed by atoms with Crippen LogP contribution in [0.5, 0.6) is 23.0 Å². The molecule has 0 aliphatic heterocycles. The number of rotatable bonds is 7. The second-order valence-electron chi connectivity index (χ2n) is 7.75. The molecule has 0 radical (unpaired) electrons. The van der Waals surface area contributed by atoms with E-state index in [0.29, 0.717) is 39.9 Å². The first kappa shape index (κ1) is 21.7. The van der Waals surface area contributed by atoms with Gasteiger partial charge in [0, 0.05) is 15.6 Å². The number of hydrogen-bond acceptors (Lipinski definition) is 6. The molecule has 0 fully saturated rings. The monoisotopic (exact) mass is 468 g/mol. The van der Waals surface area contributed by atoms with Crippen molar-refractivity contribution in [2.45, 2.75) is 6.92 Å². The Kier molecular flexibility index (Phi) is 5.74. The van der Waals surface area contributed by atoms with E-state index in [0.717, 1.165) is 26.4 Å². The fourth-order valence-corrected chi connectivity index (χ4v) is 5.01. The van der Waals surface area contributed by atoms with Crippen LogP contribution in [0.3, 0.4) is 0 Å². The molecular formula is C28H20O5S. The van der Waals surface area contributed by atoms with Crippen LogP contribution in [0.25, 0.3) is 20.9 Å². The standard InChI is InChI=1S/C28H20O5S/c1-17-5-3-4-6-23(17)26(30)28-27(24-12-11-20(31-2)15-25(24)34-28)33-22-10-8-18-13-21(32-16-29)9-7-19(18)14-22/h3-16H,1-2H3. The summed E-state index contributed by atoms with van der Waals surface area (Å²) in [6, 6.07) is 24.2. The summed E-state index contributed by atoms with van der Waals surface area (Å²) >= 11 is 1.39. The first-order valence-corrected chi connectivity index (χ1v) is 11.4. The minimum absolute atomic E-state index is 0.0790. The van der Waals surface area contributed by atoms with Gasteiger partial charge in [0.2, 0.25) is 5.78 Å². The van der Waals surface area contributed by atoms with Crippen molar-refractivity contribution >= 4 is 44.5 Å². The molecule has 0 aliphatic carbocycles. The third kappa shape index (κ3) is 4.00. The van der Waals surface area contributed by atoms with Crippen LogP contribution in [-0.4, -0.2) is 19.4 Å².